The maximum absolute atomic E-state index is 12.8. The molecule has 3 N–H and O–H groups in total. The standard InChI is InChI=1S/C19H19F3N2O2/c1-11-5-3-6-12(2)15(11)10-16(17(23)25)24-18(26)13-7-4-8-14(9-13)19(20,21)22/h3-9,16H,10H2,1-2H3,(H2,23,25)(H,24,26)/t16-/m1/s1. The third-order valence-corrected chi connectivity index (χ3v) is 4.15. The predicted molar refractivity (Wildman–Crippen MR) is 91.5 cm³/mol. The largest absolute Gasteiger partial charge is 0.416 e. The second-order valence-corrected chi connectivity index (χ2v) is 6.08. The summed E-state index contributed by atoms with van der Waals surface area (Å²) < 4.78 is 38.4. The number of carbonyl (C=O) groups excluding carboxylic acids is 2. The van der Waals surface area contributed by atoms with Gasteiger partial charge in [-0.3, -0.25) is 9.59 Å². The molecule has 26 heavy (non-hydrogen) atoms. The maximum atomic E-state index is 12.8. The fourth-order valence-electron chi connectivity index (χ4n) is 2.68. The number of carbonyl (C=O) groups is 2. The highest BCUT2D eigenvalue weighted by molar-refractivity contribution is 5.97. The number of benzene rings is 2. The number of primary amides is 1. The molecular weight excluding hydrogens is 345 g/mol. The molecule has 0 aliphatic heterocycles. The van der Waals surface area contributed by atoms with Crippen molar-refractivity contribution in [3.05, 3.63) is 70.3 Å². The van der Waals surface area contributed by atoms with Gasteiger partial charge in [0.2, 0.25) is 5.91 Å². The topological polar surface area (TPSA) is 72.2 Å². The highest BCUT2D eigenvalue weighted by Crippen LogP contribution is 2.29. The smallest absolute Gasteiger partial charge is 0.368 e. The number of halogens is 3. The molecule has 2 aromatic carbocycles. The molecule has 2 aromatic rings. The second kappa shape index (κ2) is 7.59. The van der Waals surface area contributed by atoms with Gasteiger partial charge < -0.3 is 11.1 Å². The third kappa shape index (κ3) is 4.62. The van der Waals surface area contributed by atoms with Gasteiger partial charge in [0.05, 0.1) is 5.56 Å². The molecule has 0 aliphatic carbocycles. The third-order valence-electron chi connectivity index (χ3n) is 4.15. The molecule has 7 heteroatoms. The molecule has 2 rings (SSSR count). The van der Waals surface area contributed by atoms with E-state index >= 15 is 0 Å². The predicted octanol–water partition coefficient (Wildman–Crippen LogP) is 3.15. The second-order valence-electron chi connectivity index (χ2n) is 6.08. The summed E-state index contributed by atoms with van der Waals surface area (Å²) in [5, 5.41) is 2.43. The number of aryl methyl sites for hydroxylation is 2. The lowest BCUT2D eigenvalue weighted by molar-refractivity contribution is -0.137. The summed E-state index contributed by atoms with van der Waals surface area (Å²) in [6.07, 6.45) is -4.39. The average molecular weight is 364 g/mol. The molecule has 2 amide bonds. The number of alkyl halides is 3. The molecule has 1 atom stereocenters. The zero-order chi connectivity index (χ0) is 19.5. The Morgan fingerprint density at radius 2 is 1.65 bits per heavy atom. The summed E-state index contributed by atoms with van der Waals surface area (Å²) in [7, 11) is 0. The van der Waals surface area contributed by atoms with Gasteiger partial charge in [0, 0.05) is 12.0 Å². The minimum absolute atomic E-state index is 0.165. The minimum atomic E-state index is -4.56. The van der Waals surface area contributed by atoms with E-state index in [1.54, 1.807) is 0 Å². The van der Waals surface area contributed by atoms with E-state index in [-0.39, 0.29) is 12.0 Å². The Morgan fingerprint density at radius 1 is 1.08 bits per heavy atom. The van der Waals surface area contributed by atoms with E-state index in [2.05, 4.69) is 5.32 Å². The molecule has 0 bridgehead atoms. The molecule has 0 aromatic heterocycles. The van der Waals surface area contributed by atoms with Crippen LogP contribution in [0.3, 0.4) is 0 Å². The number of rotatable bonds is 5. The van der Waals surface area contributed by atoms with Gasteiger partial charge in [-0.15, -0.1) is 0 Å². The van der Waals surface area contributed by atoms with Crippen LogP contribution in [0.25, 0.3) is 0 Å². The van der Waals surface area contributed by atoms with Gasteiger partial charge in [-0.2, -0.15) is 13.2 Å². The molecule has 0 radical (unpaired) electrons. The van der Waals surface area contributed by atoms with Crippen LogP contribution in [-0.4, -0.2) is 17.9 Å². The number of nitrogens with one attached hydrogen (secondary N) is 1. The van der Waals surface area contributed by atoms with E-state index in [4.69, 9.17) is 5.73 Å². The van der Waals surface area contributed by atoms with Gasteiger partial charge in [-0.1, -0.05) is 24.3 Å². The van der Waals surface area contributed by atoms with E-state index in [1.165, 1.54) is 6.07 Å². The average Bonchev–Trinajstić information content (AvgIpc) is 2.56. The summed E-state index contributed by atoms with van der Waals surface area (Å²) in [4.78, 5) is 24.1. The van der Waals surface area contributed by atoms with Crippen LogP contribution in [-0.2, 0) is 17.4 Å². The Balaban J connectivity index is 2.23. The van der Waals surface area contributed by atoms with Gasteiger partial charge in [0.15, 0.2) is 0 Å². The van der Waals surface area contributed by atoms with Crippen molar-refractivity contribution in [2.45, 2.75) is 32.5 Å². The van der Waals surface area contributed by atoms with Crippen LogP contribution in [0.2, 0.25) is 0 Å². The van der Waals surface area contributed by atoms with Gasteiger partial charge in [0.1, 0.15) is 6.04 Å². The van der Waals surface area contributed by atoms with Crippen LogP contribution in [0, 0.1) is 13.8 Å². The molecule has 4 nitrogen and oxygen atoms in total. The molecule has 138 valence electrons. The van der Waals surface area contributed by atoms with Crippen molar-refractivity contribution in [3.8, 4) is 0 Å². The van der Waals surface area contributed by atoms with E-state index < -0.39 is 29.6 Å². The number of amides is 2. The van der Waals surface area contributed by atoms with Crippen molar-refractivity contribution in [2.75, 3.05) is 0 Å². The Bertz CT molecular complexity index is 812. The van der Waals surface area contributed by atoms with Crippen molar-refractivity contribution in [2.24, 2.45) is 5.73 Å². The van der Waals surface area contributed by atoms with E-state index in [1.807, 2.05) is 32.0 Å². The van der Waals surface area contributed by atoms with E-state index in [9.17, 15) is 22.8 Å². The maximum Gasteiger partial charge on any atom is 0.416 e. The summed E-state index contributed by atoms with van der Waals surface area (Å²) in [6.45, 7) is 3.74. The zero-order valence-corrected chi connectivity index (χ0v) is 14.4. The van der Waals surface area contributed by atoms with Crippen LogP contribution >= 0.6 is 0 Å². The van der Waals surface area contributed by atoms with Gasteiger partial charge in [-0.25, -0.2) is 0 Å². The number of hydrogen-bond acceptors (Lipinski definition) is 2. The lowest BCUT2D eigenvalue weighted by Crippen LogP contribution is -2.46. The van der Waals surface area contributed by atoms with Crippen LogP contribution in [0.5, 0.6) is 0 Å². The lowest BCUT2D eigenvalue weighted by atomic mass is 9.96. The molecule has 0 heterocycles. The van der Waals surface area contributed by atoms with Crippen molar-refractivity contribution in [1.82, 2.24) is 5.32 Å². The minimum Gasteiger partial charge on any atom is -0.368 e. The first-order valence-corrected chi connectivity index (χ1v) is 7.92. The quantitative estimate of drug-likeness (QED) is 0.856. The molecule has 0 saturated heterocycles. The normalized spacial score (nSPS) is 12.5. The van der Waals surface area contributed by atoms with Crippen LogP contribution < -0.4 is 11.1 Å². The highest BCUT2D eigenvalue weighted by atomic mass is 19.4. The van der Waals surface area contributed by atoms with Crippen LogP contribution in [0.1, 0.15) is 32.6 Å². The molecule has 0 saturated carbocycles. The lowest BCUT2D eigenvalue weighted by Gasteiger charge is -2.18. The molecule has 0 aliphatic rings. The number of hydrogen-bond donors (Lipinski definition) is 2. The first-order valence-electron chi connectivity index (χ1n) is 7.92. The number of nitrogens with two attached hydrogens (primary N) is 1. The summed E-state index contributed by atoms with van der Waals surface area (Å²) in [6, 6.07) is 8.59. The fraction of sp³-hybridized carbons (Fsp3) is 0.263. The van der Waals surface area contributed by atoms with E-state index in [0.29, 0.717) is 0 Å². The first kappa shape index (κ1) is 19.5. The first-order chi connectivity index (χ1) is 12.1. The molecule has 0 spiro atoms. The highest BCUT2D eigenvalue weighted by Gasteiger charge is 2.31. The van der Waals surface area contributed by atoms with Crippen LogP contribution in [0.4, 0.5) is 13.2 Å². The van der Waals surface area contributed by atoms with E-state index in [0.717, 1.165) is 34.9 Å². The van der Waals surface area contributed by atoms with Crippen molar-refractivity contribution in [1.29, 1.82) is 0 Å². The summed E-state index contributed by atoms with van der Waals surface area (Å²) in [5.74, 6) is -1.54. The SMILES string of the molecule is Cc1cccc(C)c1C[C@@H](NC(=O)c1cccc(C(F)(F)F)c1)C(N)=O. The van der Waals surface area contributed by atoms with Gasteiger partial charge in [-0.05, 0) is 48.7 Å². The monoisotopic (exact) mass is 364 g/mol. The Morgan fingerprint density at radius 3 is 2.19 bits per heavy atom. The Labute approximate surface area is 149 Å². The molecule has 0 fully saturated rings. The Kier molecular flexibility index (Phi) is 5.69. The van der Waals surface area contributed by atoms with Crippen molar-refractivity contribution < 1.29 is 22.8 Å². The molecule has 0 unspecified atom stereocenters. The summed E-state index contributed by atoms with van der Waals surface area (Å²) >= 11 is 0. The zero-order valence-electron chi connectivity index (χ0n) is 14.4. The fourth-order valence-corrected chi connectivity index (χ4v) is 2.68. The summed E-state index contributed by atoms with van der Waals surface area (Å²) in [5.41, 5.74) is 6.99. The Hall–Kier alpha value is -2.83. The van der Waals surface area contributed by atoms with Crippen molar-refractivity contribution in [3.63, 3.8) is 0 Å². The van der Waals surface area contributed by atoms with Crippen LogP contribution in [0.15, 0.2) is 42.5 Å². The van der Waals surface area contributed by atoms with Gasteiger partial charge in [0.25, 0.3) is 5.91 Å². The molecular formula is C19H19F3N2O2. The van der Waals surface area contributed by atoms with Gasteiger partial charge >= 0.3 is 6.18 Å². The van der Waals surface area contributed by atoms with Crippen molar-refractivity contribution >= 4 is 11.8 Å².